The summed E-state index contributed by atoms with van der Waals surface area (Å²) < 4.78 is 0. The summed E-state index contributed by atoms with van der Waals surface area (Å²) in [4.78, 5) is 0. The Morgan fingerprint density at radius 3 is 1.43 bits per heavy atom. The average molecular weight is 411 g/mol. The molecule has 2 saturated carbocycles. The van der Waals surface area contributed by atoms with E-state index in [9.17, 15) is 0 Å². The van der Waals surface area contributed by atoms with Crippen LogP contribution in [0.25, 0.3) is 0 Å². The molecule has 3 rings (SSSR count). The average Bonchev–Trinajstić information content (AvgIpc) is 2.71. The van der Waals surface area contributed by atoms with E-state index in [1.165, 1.54) is 64.2 Å². The van der Waals surface area contributed by atoms with Crippen molar-refractivity contribution < 1.29 is 0 Å². The molecule has 6 unspecified atom stereocenters. The molecule has 0 bridgehead atoms. The molecule has 0 spiro atoms. The maximum atomic E-state index is 2.48. The van der Waals surface area contributed by atoms with E-state index in [2.05, 4.69) is 65.8 Å². The molecule has 6 atom stereocenters. The summed E-state index contributed by atoms with van der Waals surface area (Å²) in [7, 11) is 0. The minimum atomic E-state index is 0.846. The molecule has 1 aromatic carbocycles. The van der Waals surface area contributed by atoms with E-state index in [4.69, 9.17) is 0 Å². The second-order valence-corrected chi connectivity index (χ2v) is 12.0. The highest BCUT2D eigenvalue weighted by atomic mass is 14.4. The van der Waals surface area contributed by atoms with Gasteiger partial charge in [0.2, 0.25) is 0 Å². The van der Waals surface area contributed by atoms with Crippen LogP contribution in [0.4, 0.5) is 0 Å². The van der Waals surface area contributed by atoms with Gasteiger partial charge in [0.1, 0.15) is 0 Å². The van der Waals surface area contributed by atoms with Crippen molar-refractivity contribution in [2.45, 2.75) is 106 Å². The number of aryl methyl sites for hydroxylation is 2. The van der Waals surface area contributed by atoms with E-state index in [-0.39, 0.29) is 0 Å². The number of hydrogen-bond donors (Lipinski definition) is 0. The van der Waals surface area contributed by atoms with Gasteiger partial charge in [-0.2, -0.15) is 0 Å². The number of hydrogen-bond acceptors (Lipinski definition) is 0. The van der Waals surface area contributed by atoms with Crippen molar-refractivity contribution in [3.63, 3.8) is 0 Å². The molecule has 0 radical (unpaired) electrons. The van der Waals surface area contributed by atoms with E-state index in [0.717, 1.165) is 47.3 Å². The Kier molecular flexibility index (Phi) is 8.91. The summed E-state index contributed by atoms with van der Waals surface area (Å²) in [6, 6.07) is 9.44. The smallest absolute Gasteiger partial charge is 0.0273 e. The normalized spacial score (nSPS) is 32.7. The highest BCUT2D eigenvalue weighted by Gasteiger charge is 2.31. The molecule has 2 aliphatic rings. The SMILES string of the molecule is CC1CCC(C(C)C)C(CCc2ccccc2CCC2CC(C)CCC2C(C)C)C1. The predicted octanol–water partition coefficient (Wildman–Crippen LogP) is 8.97. The zero-order valence-electron chi connectivity index (χ0n) is 21.0. The fourth-order valence-corrected chi connectivity index (χ4v) is 7.19. The highest BCUT2D eigenvalue weighted by molar-refractivity contribution is 5.27. The Hall–Kier alpha value is -0.780. The van der Waals surface area contributed by atoms with Gasteiger partial charge in [0.05, 0.1) is 0 Å². The van der Waals surface area contributed by atoms with Gasteiger partial charge in [-0.1, -0.05) is 78.6 Å². The lowest BCUT2D eigenvalue weighted by Crippen LogP contribution is -2.28. The molecule has 0 heteroatoms. The minimum absolute atomic E-state index is 0.846. The molecular formula is C30H50. The Morgan fingerprint density at radius 1 is 0.667 bits per heavy atom. The third-order valence-corrected chi connectivity index (χ3v) is 9.01. The summed E-state index contributed by atoms with van der Waals surface area (Å²) in [5.41, 5.74) is 3.31. The Balaban J connectivity index is 1.61. The molecule has 0 heterocycles. The maximum Gasteiger partial charge on any atom is -0.0273 e. The molecule has 0 aromatic heterocycles. The van der Waals surface area contributed by atoms with Crippen LogP contribution in [0.3, 0.4) is 0 Å². The first kappa shape index (κ1) is 23.9. The molecule has 0 saturated heterocycles. The summed E-state index contributed by atoms with van der Waals surface area (Å²) in [6.07, 6.45) is 14.1. The third kappa shape index (κ3) is 6.37. The van der Waals surface area contributed by atoms with Gasteiger partial charge < -0.3 is 0 Å². The topological polar surface area (TPSA) is 0 Å². The zero-order chi connectivity index (χ0) is 21.7. The fraction of sp³-hybridized carbons (Fsp3) is 0.800. The van der Waals surface area contributed by atoms with Gasteiger partial charge in [-0.15, -0.1) is 0 Å². The van der Waals surface area contributed by atoms with Gasteiger partial charge in [-0.3, -0.25) is 0 Å². The van der Waals surface area contributed by atoms with Crippen molar-refractivity contribution in [2.75, 3.05) is 0 Å². The molecule has 30 heavy (non-hydrogen) atoms. The van der Waals surface area contributed by atoms with Crippen LogP contribution in [0.2, 0.25) is 0 Å². The van der Waals surface area contributed by atoms with Crippen LogP contribution in [0.1, 0.15) is 104 Å². The number of rotatable bonds is 8. The summed E-state index contributed by atoms with van der Waals surface area (Å²) in [5.74, 6) is 7.33. The highest BCUT2D eigenvalue weighted by Crippen LogP contribution is 2.42. The summed E-state index contributed by atoms with van der Waals surface area (Å²) in [6.45, 7) is 14.8. The van der Waals surface area contributed by atoms with Gasteiger partial charge in [-0.05, 0) is 110 Å². The second kappa shape index (κ2) is 11.2. The van der Waals surface area contributed by atoms with Crippen LogP contribution in [0.15, 0.2) is 24.3 Å². The van der Waals surface area contributed by atoms with Crippen molar-refractivity contribution in [3.8, 4) is 0 Å². The van der Waals surface area contributed by atoms with Gasteiger partial charge in [-0.25, -0.2) is 0 Å². The van der Waals surface area contributed by atoms with Gasteiger partial charge in [0.25, 0.3) is 0 Å². The molecule has 0 aliphatic heterocycles. The second-order valence-electron chi connectivity index (χ2n) is 12.0. The molecule has 170 valence electrons. The minimum Gasteiger partial charge on any atom is -0.0625 e. The Labute approximate surface area is 188 Å². The lowest BCUT2D eigenvalue weighted by atomic mass is 9.68. The standard InChI is InChI=1S/C30H50/c1-21(2)29-17-11-23(5)19-27(29)15-13-25-9-7-8-10-26(25)14-16-28-20-24(6)12-18-30(28)22(3)4/h7-10,21-24,27-30H,11-20H2,1-6H3. The summed E-state index contributed by atoms with van der Waals surface area (Å²) >= 11 is 0. The van der Waals surface area contributed by atoms with Crippen LogP contribution in [-0.2, 0) is 12.8 Å². The van der Waals surface area contributed by atoms with Crippen LogP contribution in [0.5, 0.6) is 0 Å². The molecule has 0 amide bonds. The Morgan fingerprint density at radius 2 is 1.07 bits per heavy atom. The van der Waals surface area contributed by atoms with Crippen molar-refractivity contribution in [1.29, 1.82) is 0 Å². The van der Waals surface area contributed by atoms with Crippen molar-refractivity contribution in [3.05, 3.63) is 35.4 Å². The lowest BCUT2D eigenvalue weighted by molar-refractivity contribution is 0.135. The largest absolute Gasteiger partial charge is 0.0625 e. The van der Waals surface area contributed by atoms with E-state index < -0.39 is 0 Å². The zero-order valence-corrected chi connectivity index (χ0v) is 21.0. The van der Waals surface area contributed by atoms with Gasteiger partial charge in [0, 0.05) is 0 Å². The van der Waals surface area contributed by atoms with Crippen LogP contribution in [-0.4, -0.2) is 0 Å². The van der Waals surface area contributed by atoms with Crippen LogP contribution < -0.4 is 0 Å². The monoisotopic (exact) mass is 410 g/mol. The van der Waals surface area contributed by atoms with E-state index in [1.807, 2.05) is 0 Å². The maximum absolute atomic E-state index is 2.48. The lowest BCUT2D eigenvalue weighted by Gasteiger charge is -2.38. The van der Waals surface area contributed by atoms with E-state index in [1.54, 1.807) is 11.1 Å². The van der Waals surface area contributed by atoms with Crippen LogP contribution >= 0.6 is 0 Å². The van der Waals surface area contributed by atoms with E-state index in [0.29, 0.717) is 0 Å². The van der Waals surface area contributed by atoms with Crippen molar-refractivity contribution in [1.82, 2.24) is 0 Å². The summed E-state index contributed by atoms with van der Waals surface area (Å²) in [5, 5.41) is 0. The third-order valence-electron chi connectivity index (χ3n) is 9.01. The van der Waals surface area contributed by atoms with Crippen molar-refractivity contribution in [2.24, 2.45) is 47.3 Å². The molecule has 0 nitrogen and oxygen atoms in total. The fourth-order valence-electron chi connectivity index (χ4n) is 7.19. The molecule has 0 N–H and O–H groups in total. The van der Waals surface area contributed by atoms with Crippen LogP contribution in [0, 0.1) is 47.3 Å². The predicted molar refractivity (Wildman–Crippen MR) is 133 cm³/mol. The quantitative estimate of drug-likeness (QED) is 0.401. The van der Waals surface area contributed by atoms with Crippen molar-refractivity contribution >= 4 is 0 Å². The molecular weight excluding hydrogens is 360 g/mol. The molecule has 2 aliphatic carbocycles. The first-order valence-electron chi connectivity index (χ1n) is 13.4. The van der Waals surface area contributed by atoms with E-state index >= 15 is 0 Å². The first-order chi connectivity index (χ1) is 14.3. The Bertz CT molecular complexity index is 572. The number of benzene rings is 1. The first-order valence-corrected chi connectivity index (χ1v) is 13.4. The van der Waals surface area contributed by atoms with Gasteiger partial charge >= 0.3 is 0 Å². The molecule has 1 aromatic rings. The van der Waals surface area contributed by atoms with Gasteiger partial charge in [0.15, 0.2) is 0 Å². The molecule has 2 fully saturated rings.